The molecule has 4 heteroatoms. The first-order valence-corrected chi connectivity index (χ1v) is 7.04. The molecular formula is C17H17NO3. The number of nitrogens with two attached hydrogens (primary N) is 1. The third-order valence-electron chi connectivity index (χ3n) is 3.53. The Morgan fingerprint density at radius 1 is 1.24 bits per heavy atom. The van der Waals surface area contributed by atoms with Crippen LogP contribution in [0.1, 0.15) is 36.3 Å². The molecule has 1 aliphatic heterocycles. The summed E-state index contributed by atoms with van der Waals surface area (Å²) in [5.41, 5.74) is 8.34. The number of benzene rings is 1. The zero-order valence-electron chi connectivity index (χ0n) is 11.8. The van der Waals surface area contributed by atoms with Gasteiger partial charge >= 0.3 is 0 Å². The molecule has 0 saturated heterocycles. The summed E-state index contributed by atoms with van der Waals surface area (Å²) < 4.78 is 10.8. The van der Waals surface area contributed by atoms with Gasteiger partial charge in [0.25, 0.3) is 0 Å². The van der Waals surface area contributed by atoms with Crippen molar-refractivity contribution in [3.63, 3.8) is 0 Å². The van der Waals surface area contributed by atoms with Crippen molar-refractivity contribution in [2.24, 2.45) is 5.73 Å². The summed E-state index contributed by atoms with van der Waals surface area (Å²) in [5.74, 6) is 0.480. The molecule has 0 spiro atoms. The van der Waals surface area contributed by atoms with E-state index >= 15 is 0 Å². The molecule has 108 valence electrons. The maximum absolute atomic E-state index is 12.6. The highest BCUT2D eigenvalue weighted by molar-refractivity contribution is 6.24. The van der Waals surface area contributed by atoms with E-state index in [2.05, 4.69) is 6.92 Å². The first kappa shape index (κ1) is 13.5. The summed E-state index contributed by atoms with van der Waals surface area (Å²) in [5, 5.41) is 0. The predicted octanol–water partition coefficient (Wildman–Crippen LogP) is 3.20. The van der Waals surface area contributed by atoms with Crippen LogP contribution in [0.3, 0.4) is 0 Å². The molecule has 0 fully saturated rings. The second-order valence-electron chi connectivity index (χ2n) is 5.07. The van der Waals surface area contributed by atoms with Crippen LogP contribution in [0.2, 0.25) is 0 Å². The van der Waals surface area contributed by atoms with E-state index in [0.717, 1.165) is 18.4 Å². The van der Waals surface area contributed by atoms with E-state index in [1.807, 2.05) is 24.3 Å². The van der Waals surface area contributed by atoms with Crippen molar-refractivity contribution in [1.82, 2.24) is 0 Å². The molecule has 2 aromatic rings. The first-order chi connectivity index (χ1) is 10.2. The maximum Gasteiger partial charge on any atom is 0.220 e. The number of furan rings is 1. The van der Waals surface area contributed by atoms with Gasteiger partial charge in [-0.3, -0.25) is 4.79 Å². The fourth-order valence-corrected chi connectivity index (χ4v) is 2.58. The highest BCUT2D eigenvalue weighted by Crippen LogP contribution is 2.36. The Hall–Kier alpha value is -2.49. The second-order valence-corrected chi connectivity index (χ2v) is 5.07. The number of rotatable bonds is 4. The monoisotopic (exact) mass is 283 g/mol. The van der Waals surface area contributed by atoms with Gasteiger partial charge in [-0.1, -0.05) is 37.6 Å². The minimum absolute atomic E-state index is 0.156. The molecule has 2 heterocycles. The van der Waals surface area contributed by atoms with Crippen LogP contribution in [-0.2, 0) is 16.0 Å². The Bertz CT molecular complexity index is 686. The van der Waals surface area contributed by atoms with Crippen LogP contribution in [0.15, 0.2) is 53.0 Å². The number of carbonyl (C=O) groups excluding carboxylic acids is 1. The molecule has 0 aliphatic carbocycles. The normalized spacial score (nSPS) is 18.1. The molecular weight excluding hydrogens is 266 g/mol. The molecule has 0 amide bonds. The van der Waals surface area contributed by atoms with Crippen LogP contribution >= 0.6 is 0 Å². The van der Waals surface area contributed by atoms with Crippen molar-refractivity contribution in [1.29, 1.82) is 0 Å². The highest BCUT2D eigenvalue weighted by Gasteiger charge is 2.37. The molecule has 21 heavy (non-hydrogen) atoms. The van der Waals surface area contributed by atoms with Crippen molar-refractivity contribution in [3.05, 3.63) is 65.4 Å². The molecule has 1 aromatic heterocycles. The summed E-state index contributed by atoms with van der Waals surface area (Å²) in [7, 11) is 0. The Morgan fingerprint density at radius 3 is 2.81 bits per heavy atom. The van der Waals surface area contributed by atoms with Gasteiger partial charge in [-0.25, -0.2) is 0 Å². The van der Waals surface area contributed by atoms with Crippen LogP contribution < -0.4 is 5.73 Å². The lowest BCUT2D eigenvalue weighted by molar-refractivity contribution is -0.120. The van der Waals surface area contributed by atoms with Gasteiger partial charge in [-0.15, -0.1) is 0 Å². The number of carbonyl (C=O) groups is 1. The highest BCUT2D eigenvalue weighted by atomic mass is 16.5. The summed E-state index contributed by atoms with van der Waals surface area (Å²) >= 11 is 0. The second kappa shape index (κ2) is 5.48. The van der Waals surface area contributed by atoms with Gasteiger partial charge in [0.05, 0.1) is 11.8 Å². The molecule has 0 radical (unpaired) electrons. The van der Waals surface area contributed by atoms with E-state index in [1.165, 1.54) is 11.8 Å². The molecule has 1 aromatic carbocycles. The van der Waals surface area contributed by atoms with Gasteiger partial charge in [0.1, 0.15) is 0 Å². The SMILES string of the molecule is CCCc1cccc(C2=C(N)OC(c3ccco3)C2=O)c1. The quantitative estimate of drug-likeness (QED) is 0.935. The smallest absolute Gasteiger partial charge is 0.220 e. The first-order valence-electron chi connectivity index (χ1n) is 7.04. The molecule has 0 bridgehead atoms. The summed E-state index contributed by atoms with van der Waals surface area (Å²) in [6, 6.07) is 11.3. The Kier molecular flexibility index (Phi) is 3.52. The minimum atomic E-state index is -0.773. The fraction of sp³-hybridized carbons (Fsp3) is 0.235. The van der Waals surface area contributed by atoms with E-state index in [1.54, 1.807) is 12.1 Å². The lowest BCUT2D eigenvalue weighted by Gasteiger charge is -2.06. The minimum Gasteiger partial charge on any atom is -0.465 e. The average molecular weight is 283 g/mol. The number of ether oxygens (including phenoxy) is 1. The number of hydrogen-bond acceptors (Lipinski definition) is 4. The molecule has 1 atom stereocenters. The number of Topliss-reactive ketones (excluding diaryl/α,β-unsaturated/α-hetero) is 1. The molecule has 1 unspecified atom stereocenters. The number of aryl methyl sites for hydroxylation is 1. The van der Waals surface area contributed by atoms with Crippen molar-refractivity contribution < 1.29 is 13.9 Å². The molecule has 4 nitrogen and oxygen atoms in total. The zero-order chi connectivity index (χ0) is 14.8. The van der Waals surface area contributed by atoms with Crippen LogP contribution in [0.5, 0.6) is 0 Å². The molecule has 0 saturated carbocycles. The number of ketones is 1. The molecule has 2 N–H and O–H groups in total. The van der Waals surface area contributed by atoms with Crippen LogP contribution in [0.25, 0.3) is 5.57 Å². The lowest BCUT2D eigenvalue weighted by atomic mass is 9.97. The standard InChI is InChI=1S/C17H17NO3/c1-2-5-11-6-3-7-12(10-11)14-15(19)16(21-17(14)18)13-8-4-9-20-13/h3-4,6-10,16H,2,5,18H2,1H3. The zero-order valence-corrected chi connectivity index (χ0v) is 11.8. The van der Waals surface area contributed by atoms with Gasteiger partial charge in [0, 0.05) is 0 Å². The van der Waals surface area contributed by atoms with E-state index in [0.29, 0.717) is 11.3 Å². The average Bonchev–Trinajstić information content (AvgIpc) is 3.08. The van der Waals surface area contributed by atoms with Crippen LogP contribution in [-0.4, -0.2) is 5.78 Å². The summed E-state index contributed by atoms with van der Waals surface area (Å²) in [4.78, 5) is 12.6. The van der Waals surface area contributed by atoms with Gasteiger partial charge in [-0.2, -0.15) is 0 Å². The van der Waals surface area contributed by atoms with E-state index in [4.69, 9.17) is 14.9 Å². The van der Waals surface area contributed by atoms with E-state index in [9.17, 15) is 4.79 Å². The van der Waals surface area contributed by atoms with Gasteiger partial charge in [0.2, 0.25) is 11.9 Å². The molecule has 1 aliphatic rings. The van der Waals surface area contributed by atoms with Crippen molar-refractivity contribution in [3.8, 4) is 0 Å². The van der Waals surface area contributed by atoms with Gasteiger partial charge in [-0.05, 0) is 29.7 Å². The van der Waals surface area contributed by atoms with E-state index < -0.39 is 6.10 Å². The predicted molar refractivity (Wildman–Crippen MR) is 79.1 cm³/mol. The fourth-order valence-electron chi connectivity index (χ4n) is 2.58. The maximum atomic E-state index is 12.6. The number of hydrogen-bond donors (Lipinski definition) is 1. The Morgan fingerprint density at radius 2 is 2.10 bits per heavy atom. The van der Waals surface area contributed by atoms with Crippen LogP contribution in [0, 0.1) is 0 Å². The Labute approximate surface area is 123 Å². The van der Waals surface area contributed by atoms with Crippen molar-refractivity contribution in [2.45, 2.75) is 25.9 Å². The topological polar surface area (TPSA) is 65.5 Å². The van der Waals surface area contributed by atoms with Crippen molar-refractivity contribution in [2.75, 3.05) is 0 Å². The summed E-state index contributed by atoms with van der Waals surface area (Å²) in [6.45, 7) is 2.12. The van der Waals surface area contributed by atoms with Crippen molar-refractivity contribution >= 4 is 11.4 Å². The van der Waals surface area contributed by atoms with Gasteiger partial charge in [0.15, 0.2) is 11.6 Å². The third-order valence-corrected chi connectivity index (χ3v) is 3.53. The van der Waals surface area contributed by atoms with E-state index in [-0.39, 0.29) is 11.7 Å². The van der Waals surface area contributed by atoms with Gasteiger partial charge < -0.3 is 14.9 Å². The lowest BCUT2D eigenvalue weighted by Crippen LogP contribution is -2.08. The largest absolute Gasteiger partial charge is 0.465 e. The summed E-state index contributed by atoms with van der Waals surface area (Å²) in [6.07, 6.45) is 2.77. The molecule has 3 rings (SSSR count). The Balaban J connectivity index is 1.93. The van der Waals surface area contributed by atoms with Crippen LogP contribution in [0.4, 0.5) is 0 Å². The third kappa shape index (κ3) is 2.44.